The van der Waals surface area contributed by atoms with Crippen LogP contribution in [-0.2, 0) is 9.47 Å². The molecule has 0 radical (unpaired) electrons. The molecular weight excluding hydrogens is 244 g/mol. The van der Waals surface area contributed by atoms with Crippen molar-refractivity contribution in [2.75, 3.05) is 25.6 Å². The van der Waals surface area contributed by atoms with E-state index >= 15 is 0 Å². The summed E-state index contributed by atoms with van der Waals surface area (Å²) in [6, 6.07) is 3.47. The van der Waals surface area contributed by atoms with Crippen LogP contribution in [0.2, 0.25) is 0 Å². The number of hydrogen-bond acceptors (Lipinski definition) is 5. The third-order valence-corrected chi connectivity index (χ3v) is 2.82. The zero-order valence-electron chi connectivity index (χ0n) is 12.0. The van der Waals surface area contributed by atoms with E-state index in [4.69, 9.17) is 4.74 Å². The minimum absolute atomic E-state index is 0.153. The summed E-state index contributed by atoms with van der Waals surface area (Å²) < 4.78 is 10.1. The first-order valence-corrected chi connectivity index (χ1v) is 6.47. The number of carbonyl (C=O) groups excluding carboxylic acids is 1. The lowest BCUT2D eigenvalue weighted by Gasteiger charge is -2.22. The number of hydrogen-bond donors (Lipinski definition) is 1. The van der Waals surface area contributed by atoms with Crippen LogP contribution >= 0.6 is 0 Å². The van der Waals surface area contributed by atoms with Gasteiger partial charge in [0.05, 0.1) is 25.3 Å². The van der Waals surface area contributed by atoms with E-state index in [2.05, 4.69) is 28.9 Å². The van der Waals surface area contributed by atoms with Crippen LogP contribution < -0.4 is 5.32 Å². The third kappa shape index (κ3) is 4.87. The van der Waals surface area contributed by atoms with Crippen molar-refractivity contribution in [2.45, 2.75) is 26.8 Å². The van der Waals surface area contributed by atoms with Crippen LogP contribution in [0.25, 0.3) is 0 Å². The summed E-state index contributed by atoms with van der Waals surface area (Å²) >= 11 is 0. The second kappa shape index (κ2) is 7.74. The Bertz CT molecular complexity index is 407. The van der Waals surface area contributed by atoms with Gasteiger partial charge >= 0.3 is 5.97 Å². The third-order valence-electron chi connectivity index (χ3n) is 2.82. The van der Waals surface area contributed by atoms with E-state index in [1.54, 1.807) is 18.3 Å². The highest BCUT2D eigenvalue weighted by Gasteiger charge is 2.15. The monoisotopic (exact) mass is 266 g/mol. The van der Waals surface area contributed by atoms with Crippen LogP contribution in [0.5, 0.6) is 0 Å². The van der Waals surface area contributed by atoms with E-state index in [9.17, 15) is 4.79 Å². The highest BCUT2D eigenvalue weighted by molar-refractivity contribution is 5.89. The van der Waals surface area contributed by atoms with Gasteiger partial charge in [0.25, 0.3) is 0 Å². The molecule has 0 bridgehead atoms. The van der Waals surface area contributed by atoms with Crippen LogP contribution in [0.1, 0.15) is 31.1 Å². The fourth-order valence-electron chi connectivity index (χ4n) is 1.59. The second-order valence-electron chi connectivity index (χ2n) is 4.58. The van der Waals surface area contributed by atoms with Crippen molar-refractivity contribution in [1.29, 1.82) is 0 Å². The van der Waals surface area contributed by atoms with E-state index in [0.717, 1.165) is 0 Å². The SMILES string of the molecule is CCOCC(Nc1cc(C(=O)OC)ccn1)C(C)C. The smallest absolute Gasteiger partial charge is 0.338 e. The van der Waals surface area contributed by atoms with E-state index in [-0.39, 0.29) is 12.0 Å². The van der Waals surface area contributed by atoms with Gasteiger partial charge in [0.2, 0.25) is 0 Å². The summed E-state index contributed by atoms with van der Waals surface area (Å²) in [5.74, 6) is 0.688. The molecule has 1 unspecified atom stereocenters. The number of aromatic nitrogens is 1. The van der Waals surface area contributed by atoms with E-state index in [1.165, 1.54) is 7.11 Å². The maximum atomic E-state index is 11.5. The molecule has 1 aromatic heterocycles. The molecule has 1 N–H and O–H groups in total. The second-order valence-corrected chi connectivity index (χ2v) is 4.58. The van der Waals surface area contributed by atoms with Crippen LogP contribution in [-0.4, -0.2) is 37.3 Å². The molecule has 1 atom stereocenters. The molecule has 0 aliphatic rings. The number of ether oxygens (including phenoxy) is 2. The van der Waals surface area contributed by atoms with Gasteiger partial charge in [-0.25, -0.2) is 9.78 Å². The molecule has 0 aromatic carbocycles. The van der Waals surface area contributed by atoms with Gasteiger partial charge in [-0.1, -0.05) is 13.8 Å². The first kappa shape index (κ1) is 15.4. The van der Waals surface area contributed by atoms with Crippen molar-refractivity contribution in [3.63, 3.8) is 0 Å². The first-order chi connectivity index (χ1) is 9.08. The fraction of sp³-hybridized carbons (Fsp3) is 0.571. The number of rotatable bonds is 7. The summed E-state index contributed by atoms with van der Waals surface area (Å²) in [6.45, 7) is 7.48. The maximum Gasteiger partial charge on any atom is 0.338 e. The van der Waals surface area contributed by atoms with Crippen LogP contribution in [0, 0.1) is 5.92 Å². The molecule has 106 valence electrons. The molecular formula is C14H22N2O3. The van der Waals surface area contributed by atoms with Crippen LogP contribution in [0.15, 0.2) is 18.3 Å². The standard InChI is InChI=1S/C14H22N2O3/c1-5-19-9-12(10(2)3)16-13-8-11(6-7-15-13)14(17)18-4/h6-8,10,12H,5,9H2,1-4H3,(H,15,16). The van der Waals surface area contributed by atoms with Crippen molar-refractivity contribution in [2.24, 2.45) is 5.92 Å². The minimum Gasteiger partial charge on any atom is -0.465 e. The molecule has 0 saturated heterocycles. The number of methoxy groups -OCH3 is 1. The predicted octanol–water partition coefficient (Wildman–Crippen LogP) is 2.34. The fourth-order valence-corrected chi connectivity index (χ4v) is 1.59. The molecule has 5 heteroatoms. The normalized spacial score (nSPS) is 12.3. The minimum atomic E-state index is -0.364. The lowest BCUT2D eigenvalue weighted by Crippen LogP contribution is -2.31. The average molecular weight is 266 g/mol. The molecule has 0 amide bonds. The number of esters is 1. The highest BCUT2D eigenvalue weighted by atomic mass is 16.5. The summed E-state index contributed by atoms with van der Waals surface area (Å²) in [4.78, 5) is 15.7. The Balaban J connectivity index is 2.76. The van der Waals surface area contributed by atoms with E-state index in [1.807, 2.05) is 6.92 Å². The molecule has 0 fully saturated rings. The number of nitrogens with zero attached hydrogens (tertiary/aromatic N) is 1. The Morgan fingerprint density at radius 3 is 2.79 bits per heavy atom. The van der Waals surface area contributed by atoms with Crippen molar-refractivity contribution in [3.8, 4) is 0 Å². The summed E-state index contributed by atoms with van der Waals surface area (Å²) in [6.07, 6.45) is 1.59. The van der Waals surface area contributed by atoms with Crippen LogP contribution in [0.4, 0.5) is 5.82 Å². The van der Waals surface area contributed by atoms with Crippen LogP contribution in [0.3, 0.4) is 0 Å². The van der Waals surface area contributed by atoms with Crippen molar-refractivity contribution in [1.82, 2.24) is 4.98 Å². The predicted molar refractivity (Wildman–Crippen MR) is 74.3 cm³/mol. The lowest BCUT2D eigenvalue weighted by atomic mass is 10.1. The molecule has 19 heavy (non-hydrogen) atoms. The van der Waals surface area contributed by atoms with Crippen molar-refractivity contribution >= 4 is 11.8 Å². The largest absolute Gasteiger partial charge is 0.465 e. The molecule has 0 spiro atoms. The Hall–Kier alpha value is -1.62. The molecule has 1 rings (SSSR count). The maximum absolute atomic E-state index is 11.5. The van der Waals surface area contributed by atoms with Gasteiger partial charge in [-0.3, -0.25) is 0 Å². The number of nitrogens with one attached hydrogen (secondary N) is 1. The number of anilines is 1. The van der Waals surface area contributed by atoms with E-state index in [0.29, 0.717) is 30.5 Å². The average Bonchev–Trinajstić information content (AvgIpc) is 2.42. The van der Waals surface area contributed by atoms with Gasteiger partial charge < -0.3 is 14.8 Å². The summed E-state index contributed by atoms with van der Waals surface area (Å²) in [5, 5.41) is 3.29. The zero-order chi connectivity index (χ0) is 14.3. The number of carbonyl (C=O) groups is 1. The first-order valence-electron chi connectivity index (χ1n) is 6.47. The summed E-state index contributed by atoms with van der Waals surface area (Å²) in [5.41, 5.74) is 0.485. The molecule has 0 saturated carbocycles. The molecule has 0 aliphatic heterocycles. The lowest BCUT2D eigenvalue weighted by molar-refractivity contribution is 0.0600. The summed E-state index contributed by atoms with van der Waals surface area (Å²) in [7, 11) is 1.36. The van der Waals surface area contributed by atoms with Gasteiger partial charge in [0.15, 0.2) is 0 Å². The molecule has 0 aliphatic carbocycles. The van der Waals surface area contributed by atoms with Gasteiger partial charge in [-0.2, -0.15) is 0 Å². The Labute approximate surface area is 114 Å². The Morgan fingerprint density at radius 1 is 1.47 bits per heavy atom. The zero-order valence-corrected chi connectivity index (χ0v) is 12.0. The van der Waals surface area contributed by atoms with Crippen molar-refractivity contribution in [3.05, 3.63) is 23.9 Å². The number of pyridine rings is 1. The van der Waals surface area contributed by atoms with Crippen molar-refractivity contribution < 1.29 is 14.3 Å². The van der Waals surface area contributed by atoms with Gasteiger partial charge in [-0.05, 0) is 25.0 Å². The molecule has 1 heterocycles. The van der Waals surface area contributed by atoms with Gasteiger partial charge in [0, 0.05) is 12.8 Å². The van der Waals surface area contributed by atoms with Gasteiger partial charge in [0.1, 0.15) is 5.82 Å². The molecule has 1 aromatic rings. The molecule has 5 nitrogen and oxygen atoms in total. The topological polar surface area (TPSA) is 60.5 Å². The quantitative estimate of drug-likeness (QED) is 0.768. The van der Waals surface area contributed by atoms with E-state index < -0.39 is 0 Å². The highest BCUT2D eigenvalue weighted by Crippen LogP contribution is 2.13. The van der Waals surface area contributed by atoms with Gasteiger partial charge in [-0.15, -0.1) is 0 Å². The Morgan fingerprint density at radius 2 is 2.21 bits per heavy atom. The Kier molecular flexibility index (Phi) is 6.29.